The molecule has 0 saturated carbocycles. The molecule has 6 nitrogen and oxygen atoms in total. The molecule has 0 aromatic heterocycles. The first-order valence-corrected chi connectivity index (χ1v) is 8.48. The lowest BCUT2D eigenvalue weighted by Gasteiger charge is -2.12. The van der Waals surface area contributed by atoms with Crippen molar-refractivity contribution < 1.29 is 8.42 Å². The maximum Gasteiger partial charge on any atom is 0.240 e. The third-order valence-corrected chi connectivity index (χ3v) is 4.28. The topological polar surface area (TPSA) is 82.6 Å². The minimum atomic E-state index is -3.45. The fourth-order valence-corrected chi connectivity index (χ4v) is 2.66. The molecule has 0 atom stereocenters. The van der Waals surface area contributed by atoms with Crippen LogP contribution >= 0.6 is 0 Å². The number of benzene rings is 1. The van der Waals surface area contributed by atoms with E-state index in [1.807, 2.05) is 6.92 Å². The van der Waals surface area contributed by atoms with Gasteiger partial charge >= 0.3 is 0 Å². The van der Waals surface area contributed by atoms with Gasteiger partial charge in [0.25, 0.3) is 0 Å². The van der Waals surface area contributed by atoms with Crippen molar-refractivity contribution in [1.82, 2.24) is 15.4 Å². The Morgan fingerprint density at radius 1 is 1.10 bits per heavy atom. The second-order valence-corrected chi connectivity index (χ2v) is 6.40. The Balaban J connectivity index is 2.42. The summed E-state index contributed by atoms with van der Waals surface area (Å²) in [6.45, 7) is 5.57. The zero-order valence-corrected chi connectivity index (χ0v) is 13.6. The fourth-order valence-electron chi connectivity index (χ4n) is 1.63. The van der Waals surface area contributed by atoms with E-state index in [-0.39, 0.29) is 4.90 Å². The van der Waals surface area contributed by atoms with E-state index < -0.39 is 10.0 Å². The molecule has 0 fully saturated rings. The zero-order chi connectivity index (χ0) is 15.7. The number of nitrogens with zero attached hydrogens (tertiary/aromatic N) is 1. The number of guanidine groups is 1. The van der Waals surface area contributed by atoms with Crippen LogP contribution in [0.5, 0.6) is 0 Å². The van der Waals surface area contributed by atoms with Gasteiger partial charge in [0.2, 0.25) is 10.0 Å². The molecule has 0 heterocycles. The summed E-state index contributed by atoms with van der Waals surface area (Å²) in [7, 11) is -1.77. The highest BCUT2D eigenvalue weighted by atomic mass is 32.2. The van der Waals surface area contributed by atoms with E-state index in [1.54, 1.807) is 31.3 Å². The van der Waals surface area contributed by atoms with E-state index >= 15 is 0 Å². The van der Waals surface area contributed by atoms with Crippen LogP contribution < -0.4 is 15.4 Å². The molecule has 0 bridgehead atoms. The predicted molar refractivity (Wildman–Crippen MR) is 86.0 cm³/mol. The Morgan fingerprint density at radius 2 is 1.71 bits per heavy atom. The van der Waals surface area contributed by atoms with Crippen LogP contribution in [0.3, 0.4) is 0 Å². The molecule has 0 aliphatic heterocycles. The van der Waals surface area contributed by atoms with Crippen LogP contribution in [0.25, 0.3) is 0 Å². The van der Waals surface area contributed by atoms with Crippen LogP contribution in [0.15, 0.2) is 34.2 Å². The molecule has 3 N–H and O–H groups in total. The maximum atomic E-state index is 12.0. The second kappa shape index (κ2) is 8.63. The number of nitrogens with one attached hydrogen (secondary N) is 3. The van der Waals surface area contributed by atoms with Crippen molar-refractivity contribution in [2.45, 2.75) is 25.2 Å². The summed E-state index contributed by atoms with van der Waals surface area (Å²) in [5, 5.41) is 6.17. The number of aryl methyl sites for hydroxylation is 1. The molecular weight excluding hydrogens is 288 g/mol. The van der Waals surface area contributed by atoms with Crippen LogP contribution in [-0.4, -0.2) is 41.1 Å². The molecule has 0 spiro atoms. The standard InChI is InChI=1S/C14H24N4O2S/c1-4-9-16-14(15-3)17-10-11-18-21(19,20)13-7-5-12(2)6-8-13/h5-8,18H,4,9-11H2,1-3H3,(H2,15,16,17). The molecule has 0 aliphatic carbocycles. The third-order valence-electron chi connectivity index (χ3n) is 2.81. The minimum absolute atomic E-state index is 0.279. The monoisotopic (exact) mass is 312 g/mol. The van der Waals surface area contributed by atoms with Gasteiger partial charge < -0.3 is 10.6 Å². The summed E-state index contributed by atoms with van der Waals surface area (Å²) < 4.78 is 26.6. The van der Waals surface area contributed by atoms with Crippen LogP contribution in [0.4, 0.5) is 0 Å². The van der Waals surface area contributed by atoms with Crippen molar-refractivity contribution in [3.63, 3.8) is 0 Å². The van der Waals surface area contributed by atoms with Gasteiger partial charge in [0.15, 0.2) is 5.96 Å². The summed E-state index contributed by atoms with van der Waals surface area (Å²) in [5.74, 6) is 0.673. The van der Waals surface area contributed by atoms with Gasteiger partial charge in [-0.1, -0.05) is 24.6 Å². The van der Waals surface area contributed by atoms with Gasteiger partial charge in [0.05, 0.1) is 4.90 Å². The zero-order valence-electron chi connectivity index (χ0n) is 12.8. The Kier molecular flexibility index (Phi) is 7.18. The molecular formula is C14H24N4O2S. The smallest absolute Gasteiger partial charge is 0.240 e. The highest BCUT2D eigenvalue weighted by Crippen LogP contribution is 2.09. The Hall–Kier alpha value is -1.60. The van der Waals surface area contributed by atoms with E-state index in [0.29, 0.717) is 19.0 Å². The first-order valence-electron chi connectivity index (χ1n) is 7.00. The number of hydrogen-bond acceptors (Lipinski definition) is 3. The van der Waals surface area contributed by atoms with Crippen LogP contribution in [0.1, 0.15) is 18.9 Å². The van der Waals surface area contributed by atoms with Crippen LogP contribution in [0.2, 0.25) is 0 Å². The molecule has 21 heavy (non-hydrogen) atoms. The summed E-state index contributed by atoms with van der Waals surface area (Å²) in [6, 6.07) is 6.77. The molecule has 118 valence electrons. The SMILES string of the molecule is CCCNC(=NC)NCCNS(=O)(=O)c1ccc(C)cc1. The Bertz CT molecular complexity index is 553. The van der Waals surface area contributed by atoms with Crippen molar-refractivity contribution in [1.29, 1.82) is 0 Å². The number of aliphatic imine (C=N–C) groups is 1. The number of rotatable bonds is 7. The van der Waals surface area contributed by atoms with Gasteiger partial charge in [-0.2, -0.15) is 0 Å². The Morgan fingerprint density at radius 3 is 2.29 bits per heavy atom. The lowest BCUT2D eigenvalue weighted by Crippen LogP contribution is -2.41. The summed E-state index contributed by atoms with van der Waals surface area (Å²) in [5.41, 5.74) is 1.03. The van der Waals surface area contributed by atoms with Crippen molar-refractivity contribution in [3.05, 3.63) is 29.8 Å². The molecule has 0 saturated heterocycles. The average molecular weight is 312 g/mol. The molecule has 1 aromatic carbocycles. The van der Waals surface area contributed by atoms with E-state index in [9.17, 15) is 8.42 Å². The summed E-state index contributed by atoms with van der Waals surface area (Å²) in [4.78, 5) is 4.32. The van der Waals surface area contributed by atoms with Gasteiger partial charge in [-0.05, 0) is 25.5 Å². The van der Waals surface area contributed by atoms with Crippen LogP contribution in [-0.2, 0) is 10.0 Å². The quantitative estimate of drug-likeness (QED) is 0.396. The normalized spacial score (nSPS) is 12.2. The highest BCUT2D eigenvalue weighted by Gasteiger charge is 2.12. The predicted octanol–water partition coefficient (Wildman–Crippen LogP) is 0.848. The molecule has 1 aromatic rings. The van der Waals surface area contributed by atoms with Gasteiger partial charge in [-0.15, -0.1) is 0 Å². The molecule has 0 unspecified atom stereocenters. The van der Waals surface area contributed by atoms with Crippen molar-refractivity contribution in [3.8, 4) is 0 Å². The summed E-state index contributed by atoms with van der Waals surface area (Å²) in [6.07, 6.45) is 1.00. The molecule has 0 amide bonds. The fraction of sp³-hybridized carbons (Fsp3) is 0.500. The molecule has 0 aliphatic rings. The van der Waals surface area contributed by atoms with E-state index in [1.165, 1.54) is 0 Å². The lowest BCUT2D eigenvalue weighted by atomic mass is 10.2. The third kappa shape index (κ3) is 6.14. The van der Waals surface area contributed by atoms with E-state index in [0.717, 1.165) is 18.5 Å². The minimum Gasteiger partial charge on any atom is -0.356 e. The lowest BCUT2D eigenvalue weighted by molar-refractivity contribution is 0.580. The second-order valence-electron chi connectivity index (χ2n) is 4.64. The first-order chi connectivity index (χ1) is 9.99. The molecule has 7 heteroatoms. The Labute approximate surface area is 127 Å². The largest absolute Gasteiger partial charge is 0.356 e. The van der Waals surface area contributed by atoms with Gasteiger partial charge in [-0.3, -0.25) is 4.99 Å². The number of hydrogen-bond donors (Lipinski definition) is 3. The van der Waals surface area contributed by atoms with Crippen molar-refractivity contribution >= 4 is 16.0 Å². The first kappa shape index (κ1) is 17.5. The maximum absolute atomic E-state index is 12.0. The van der Waals surface area contributed by atoms with Crippen LogP contribution in [0, 0.1) is 6.92 Å². The van der Waals surface area contributed by atoms with Gasteiger partial charge in [0.1, 0.15) is 0 Å². The van der Waals surface area contributed by atoms with Gasteiger partial charge in [-0.25, -0.2) is 13.1 Å². The highest BCUT2D eigenvalue weighted by molar-refractivity contribution is 7.89. The molecule has 1 rings (SSSR count). The summed E-state index contributed by atoms with van der Waals surface area (Å²) >= 11 is 0. The van der Waals surface area contributed by atoms with E-state index in [4.69, 9.17) is 0 Å². The van der Waals surface area contributed by atoms with Crippen molar-refractivity contribution in [2.75, 3.05) is 26.7 Å². The molecule has 0 radical (unpaired) electrons. The average Bonchev–Trinajstić information content (AvgIpc) is 2.47. The van der Waals surface area contributed by atoms with Crippen molar-refractivity contribution in [2.24, 2.45) is 4.99 Å². The van der Waals surface area contributed by atoms with Gasteiger partial charge in [0, 0.05) is 26.7 Å². The van der Waals surface area contributed by atoms with E-state index in [2.05, 4.69) is 27.3 Å². The number of sulfonamides is 1.